The molecule has 184 valence electrons. The molecule has 35 heavy (non-hydrogen) atoms. The second-order valence-electron chi connectivity index (χ2n) is 8.72. The number of rotatable bonds is 8. The van der Waals surface area contributed by atoms with E-state index in [1.165, 1.54) is 18.4 Å². The number of ether oxygens (including phenoxy) is 1. The first-order chi connectivity index (χ1) is 17.0. The van der Waals surface area contributed by atoms with Crippen LogP contribution in [0, 0.1) is 6.92 Å². The molecule has 2 N–H and O–H groups in total. The van der Waals surface area contributed by atoms with Crippen LogP contribution in [0.4, 0.5) is 26.2 Å². The highest BCUT2D eigenvalue weighted by atomic mass is 32.1. The Bertz CT molecular complexity index is 1170. The monoisotopic (exact) mass is 498 g/mol. The van der Waals surface area contributed by atoms with Gasteiger partial charge in [-0.05, 0) is 43.2 Å². The van der Waals surface area contributed by atoms with Gasteiger partial charge in [0, 0.05) is 31.9 Å². The topological polar surface area (TPSA) is 108 Å². The summed E-state index contributed by atoms with van der Waals surface area (Å²) in [5, 5.41) is 23.9. The van der Waals surface area contributed by atoms with Gasteiger partial charge >= 0.3 is 0 Å². The summed E-state index contributed by atoms with van der Waals surface area (Å²) in [6.07, 6.45) is -0.695. The molecule has 10 nitrogen and oxygen atoms in total. The molecule has 1 unspecified atom stereocenters. The number of carbonyl (C=O) groups excluding carboxylic acids is 1. The van der Waals surface area contributed by atoms with Gasteiger partial charge in [-0.15, -0.1) is 15.3 Å². The van der Waals surface area contributed by atoms with Crippen molar-refractivity contribution in [1.29, 1.82) is 0 Å². The Balaban J connectivity index is 1.17. The maximum absolute atomic E-state index is 13.2. The highest BCUT2D eigenvalue weighted by Crippen LogP contribution is 2.29. The zero-order chi connectivity index (χ0) is 24.4. The van der Waals surface area contributed by atoms with Gasteiger partial charge in [-0.3, -0.25) is 10.1 Å². The molecule has 2 saturated heterocycles. The number of nitrogens with one attached hydrogen (secondary N) is 2. The van der Waals surface area contributed by atoms with Gasteiger partial charge in [0.1, 0.15) is 6.17 Å². The molecule has 12 heteroatoms. The van der Waals surface area contributed by atoms with E-state index < -0.39 is 12.3 Å². The molecule has 2 atom stereocenters. The van der Waals surface area contributed by atoms with Crippen LogP contribution in [-0.4, -0.2) is 71.8 Å². The van der Waals surface area contributed by atoms with Gasteiger partial charge in [0.15, 0.2) is 11.9 Å². The zero-order valence-electron chi connectivity index (χ0n) is 19.5. The lowest BCUT2D eigenvalue weighted by atomic mass is 10.1. The number of amides is 1. The standard InChI is InChI=1S/C23H27FN8O2S/c1-14-6-7-19(28-27-14)31-9-8-17(13-31)25-22-29-30-23(35-22)26-21(33)20(34-2)15-4-3-5-18(10-15)32-11-16(24)12-32/h3-7,10,16-17,20H,8-9,11-13H2,1-2H3,(H,25,29)(H,26,30,33)/t17-,20?/m1/s1. The molecule has 0 spiro atoms. The van der Waals surface area contributed by atoms with Crippen molar-refractivity contribution in [3.63, 3.8) is 0 Å². The smallest absolute Gasteiger partial charge is 0.259 e. The number of aromatic nitrogens is 4. The Kier molecular flexibility index (Phi) is 6.73. The Morgan fingerprint density at radius 3 is 2.69 bits per heavy atom. The van der Waals surface area contributed by atoms with Crippen molar-refractivity contribution in [2.45, 2.75) is 31.7 Å². The SMILES string of the molecule is COC(C(=O)Nc1nnc(N[C@@H]2CCN(c3ccc(C)nn3)C2)s1)c1cccc(N2CC(F)C2)c1. The quantitative estimate of drug-likeness (QED) is 0.485. The number of anilines is 4. The molecule has 1 amide bonds. The molecule has 0 bridgehead atoms. The van der Waals surface area contributed by atoms with Crippen LogP contribution in [0.2, 0.25) is 0 Å². The minimum Gasteiger partial charge on any atom is -0.367 e. The second-order valence-corrected chi connectivity index (χ2v) is 9.70. The predicted octanol–water partition coefficient (Wildman–Crippen LogP) is 2.81. The van der Waals surface area contributed by atoms with E-state index in [0.29, 0.717) is 28.9 Å². The van der Waals surface area contributed by atoms with Crippen LogP contribution in [-0.2, 0) is 9.53 Å². The molecule has 5 rings (SSSR count). The Hall–Kier alpha value is -3.38. The van der Waals surface area contributed by atoms with Crippen LogP contribution in [0.1, 0.15) is 23.8 Å². The van der Waals surface area contributed by atoms with Gasteiger partial charge in [0.25, 0.3) is 5.91 Å². The van der Waals surface area contributed by atoms with E-state index in [1.54, 1.807) is 0 Å². The maximum atomic E-state index is 13.2. The lowest BCUT2D eigenvalue weighted by Gasteiger charge is -2.36. The van der Waals surface area contributed by atoms with E-state index in [0.717, 1.165) is 36.7 Å². The Morgan fingerprint density at radius 1 is 1.11 bits per heavy atom. The van der Waals surface area contributed by atoms with E-state index in [1.807, 2.05) is 48.2 Å². The fraction of sp³-hybridized carbons (Fsp3) is 0.435. The fourth-order valence-corrected chi connectivity index (χ4v) is 4.96. The summed E-state index contributed by atoms with van der Waals surface area (Å²) in [6, 6.07) is 11.5. The molecule has 2 aliphatic rings. The van der Waals surface area contributed by atoms with Crippen molar-refractivity contribution >= 4 is 39.0 Å². The molecule has 0 radical (unpaired) electrons. The van der Waals surface area contributed by atoms with Gasteiger partial charge in [-0.2, -0.15) is 5.10 Å². The predicted molar refractivity (Wildman–Crippen MR) is 133 cm³/mol. The molecular formula is C23H27FN8O2S. The third-order valence-electron chi connectivity index (χ3n) is 6.13. The largest absolute Gasteiger partial charge is 0.367 e. The number of halogens is 1. The van der Waals surface area contributed by atoms with Crippen LogP contribution in [0.15, 0.2) is 36.4 Å². The summed E-state index contributed by atoms with van der Waals surface area (Å²) < 4.78 is 18.7. The summed E-state index contributed by atoms with van der Waals surface area (Å²) in [5.41, 5.74) is 2.45. The minimum absolute atomic E-state index is 0.189. The number of alkyl halides is 1. The van der Waals surface area contributed by atoms with Gasteiger partial charge in [-0.25, -0.2) is 4.39 Å². The third-order valence-corrected chi connectivity index (χ3v) is 6.90. The van der Waals surface area contributed by atoms with Crippen molar-refractivity contribution in [2.24, 2.45) is 0 Å². The number of hydrogen-bond donors (Lipinski definition) is 2. The normalized spacial score (nSPS) is 18.9. The van der Waals surface area contributed by atoms with Crippen LogP contribution < -0.4 is 20.4 Å². The molecule has 2 aromatic heterocycles. The first-order valence-corrected chi connectivity index (χ1v) is 12.3. The van der Waals surface area contributed by atoms with Crippen molar-refractivity contribution in [3.8, 4) is 0 Å². The maximum Gasteiger partial charge on any atom is 0.259 e. The minimum atomic E-state index is -0.822. The van der Waals surface area contributed by atoms with Crippen molar-refractivity contribution < 1.29 is 13.9 Å². The lowest BCUT2D eigenvalue weighted by Crippen LogP contribution is -2.48. The third kappa shape index (κ3) is 5.33. The summed E-state index contributed by atoms with van der Waals surface area (Å²) in [4.78, 5) is 17.0. The number of aryl methyl sites for hydroxylation is 1. The summed E-state index contributed by atoms with van der Waals surface area (Å²) in [7, 11) is 1.48. The molecule has 0 aliphatic carbocycles. The van der Waals surface area contributed by atoms with Crippen LogP contribution >= 0.6 is 11.3 Å². The van der Waals surface area contributed by atoms with E-state index in [-0.39, 0.29) is 11.9 Å². The van der Waals surface area contributed by atoms with Gasteiger partial charge in [-0.1, -0.05) is 23.5 Å². The van der Waals surface area contributed by atoms with Crippen LogP contribution in [0.5, 0.6) is 0 Å². The Morgan fingerprint density at radius 2 is 1.94 bits per heavy atom. The van der Waals surface area contributed by atoms with Gasteiger partial charge in [0.2, 0.25) is 10.3 Å². The Labute approximate surface area is 206 Å². The molecule has 3 aromatic rings. The number of hydrogen-bond acceptors (Lipinski definition) is 10. The first-order valence-electron chi connectivity index (χ1n) is 11.5. The highest BCUT2D eigenvalue weighted by Gasteiger charge is 2.28. The molecule has 2 aliphatic heterocycles. The van der Waals surface area contributed by atoms with E-state index in [4.69, 9.17) is 4.74 Å². The number of carbonyl (C=O) groups is 1. The summed E-state index contributed by atoms with van der Waals surface area (Å²) in [5.74, 6) is 0.516. The van der Waals surface area contributed by atoms with E-state index >= 15 is 0 Å². The first kappa shape index (κ1) is 23.4. The highest BCUT2D eigenvalue weighted by molar-refractivity contribution is 7.19. The van der Waals surface area contributed by atoms with Crippen molar-refractivity contribution in [2.75, 3.05) is 53.7 Å². The molecule has 2 fully saturated rings. The van der Waals surface area contributed by atoms with Crippen molar-refractivity contribution in [1.82, 2.24) is 20.4 Å². The summed E-state index contributed by atoms with van der Waals surface area (Å²) in [6.45, 7) is 4.30. The van der Waals surface area contributed by atoms with Crippen molar-refractivity contribution in [3.05, 3.63) is 47.7 Å². The molecule has 4 heterocycles. The molecule has 1 aromatic carbocycles. The number of benzene rings is 1. The van der Waals surface area contributed by atoms with Gasteiger partial charge in [0.05, 0.1) is 18.8 Å². The average Bonchev–Trinajstić information content (AvgIpc) is 3.48. The second kappa shape index (κ2) is 10.1. The number of methoxy groups -OCH3 is 1. The average molecular weight is 499 g/mol. The van der Waals surface area contributed by atoms with Crippen LogP contribution in [0.25, 0.3) is 0 Å². The number of nitrogens with zero attached hydrogens (tertiary/aromatic N) is 6. The van der Waals surface area contributed by atoms with Gasteiger partial charge < -0.3 is 19.9 Å². The van der Waals surface area contributed by atoms with E-state index in [9.17, 15) is 9.18 Å². The van der Waals surface area contributed by atoms with Crippen LogP contribution in [0.3, 0.4) is 0 Å². The summed E-state index contributed by atoms with van der Waals surface area (Å²) >= 11 is 1.27. The lowest BCUT2D eigenvalue weighted by molar-refractivity contribution is -0.126. The zero-order valence-corrected chi connectivity index (χ0v) is 20.3. The molecule has 0 saturated carbocycles. The van der Waals surface area contributed by atoms with E-state index in [2.05, 4.69) is 35.9 Å². The molecular weight excluding hydrogens is 471 g/mol. The fourth-order valence-electron chi connectivity index (χ4n) is 4.24.